The largest absolute Gasteiger partial charge is 0.471 e. The summed E-state index contributed by atoms with van der Waals surface area (Å²) in [6.45, 7) is 0.340. The maximum absolute atomic E-state index is 12.6. The number of benzene rings is 2. The molecule has 3 atom stereocenters. The monoisotopic (exact) mass is 488 g/mol. The highest BCUT2D eigenvalue weighted by molar-refractivity contribution is 6.43. The Labute approximate surface area is 201 Å². The number of carbonyl (C=O) groups is 2. The fourth-order valence-corrected chi connectivity index (χ4v) is 4.45. The van der Waals surface area contributed by atoms with Crippen LogP contribution in [0.4, 0.5) is 0 Å². The van der Waals surface area contributed by atoms with Crippen LogP contribution >= 0.6 is 23.2 Å². The van der Waals surface area contributed by atoms with E-state index in [1.54, 1.807) is 18.2 Å². The summed E-state index contributed by atoms with van der Waals surface area (Å²) in [7, 11) is 1.33. The second-order valence-electron chi connectivity index (χ2n) is 7.69. The molecule has 0 saturated carbocycles. The number of rotatable bonds is 7. The Morgan fingerprint density at radius 3 is 2.58 bits per heavy atom. The number of allylic oxidation sites excluding steroid dienone is 1. The normalized spacial score (nSPS) is 21.4. The van der Waals surface area contributed by atoms with E-state index in [-0.39, 0.29) is 34.1 Å². The van der Waals surface area contributed by atoms with Gasteiger partial charge in [0.25, 0.3) is 0 Å². The molecule has 2 aliphatic rings. The SMILES string of the molecule is COC(=O)C1=CO[C@@H](OCc2ccccc2)[C@@H]2C(COC(=O)c3cccc(Cl)c3Cl)=CC[C@H]12. The highest BCUT2D eigenvalue weighted by atomic mass is 35.5. The number of carbonyl (C=O) groups excluding carboxylic acids is 2. The van der Waals surface area contributed by atoms with Crippen molar-refractivity contribution in [3.8, 4) is 0 Å². The molecule has 1 aliphatic heterocycles. The molecule has 0 amide bonds. The molecule has 0 aromatic heterocycles. The molecule has 172 valence electrons. The lowest BCUT2D eigenvalue weighted by Gasteiger charge is -2.34. The zero-order chi connectivity index (χ0) is 23.4. The lowest BCUT2D eigenvalue weighted by molar-refractivity contribution is -0.161. The molecule has 0 unspecified atom stereocenters. The molecule has 8 heteroatoms. The summed E-state index contributed by atoms with van der Waals surface area (Å²) in [6.07, 6.45) is 3.29. The average molecular weight is 489 g/mol. The topological polar surface area (TPSA) is 71.1 Å². The Morgan fingerprint density at radius 2 is 1.82 bits per heavy atom. The van der Waals surface area contributed by atoms with Crippen molar-refractivity contribution in [2.75, 3.05) is 13.7 Å². The van der Waals surface area contributed by atoms with Gasteiger partial charge in [-0.25, -0.2) is 9.59 Å². The van der Waals surface area contributed by atoms with Gasteiger partial charge in [-0.3, -0.25) is 0 Å². The number of fused-ring (bicyclic) bond motifs is 1. The van der Waals surface area contributed by atoms with Crippen molar-refractivity contribution in [2.45, 2.75) is 19.3 Å². The lowest BCUT2D eigenvalue weighted by atomic mass is 9.83. The van der Waals surface area contributed by atoms with E-state index in [1.165, 1.54) is 13.4 Å². The third kappa shape index (κ3) is 5.08. The van der Waals surface area contributed by atoms with Gasteiger partial charge in [0, 0.05) is 5.92 Å². The molecule has 0 spiro atoms. The number of hydrogen-bond donors (Lipinski definition) is 0. The van der Waals surface area contributed by atoms with Crippen molar-refractivity contribution in [3.63, 3.8) is 0 Å². The second-order valence-corrected chi connectivity index (χ2v) is 8.48. The summed E-state index contributed by atoms with van der Waals surface area (Å²) >= 11 is 12.1. The van der Waals surface area contributed by atoms with Crippen LogP contribution in [0.1, 0.15) is 22.3 Å². The van der Waals surface area contributed by atoms with Crippen molar-refractivity contribution in [1.82, 2.24) is 0 Å². The van der Waals surface area contributed by atoms with E-state index in [9.17, 15) is 9.59 Å². The molecule has 4 rings (SSSR count). The van der Waals surface area contributed by atoms with E-state index in [1.807, 2.05) is 36.4 Å². The van der Waals surface area contributed by atoms with E-state index < -0.39 is 18.2 Å². The fourth-order valence-electron chi connectivity index (χ4n) is 4.07. The van der Waals surface area contributed by atoms with Gasteiger partial charge in [-0.2, -0.15) is 0 Å². The molecule has 6 nitrogen and oxygen atoms in total. The number of hydrogen-bond acceptors (Lipinski definition) is 6. The third-order valence-electron chi connectivity index (χ3n) is 5.74. The molecule has 0 bridgehead atoms. The molecule has 0 fully saturated rings. The van der Waals surface area contributed by atoms with Crippen LogP contribution in [0.3, 0.4) is 0 Å². The smallest absolute Gasteiger partial charge is 0.340 e. The first-order chi connectivity index (χ1) is 16.0. The van der Waals surface area contributed by atoms with Gasteiger partial charge < -0.3 is 18.9 Å². The van der Waals surface area contributed by atoms with Crippen LogP contribution in [0, 0.1) is 11.8 Å². The Balaban J connectivity index is 1.49. The van der Waals surface area contributed by atoms with Crippen LogP contribution < -0.4 is 0 Å². The maximum atomic E-state index is 12.6. The van der Waals surface area contributed by atoms with Crippen molar-refractivity contribution in [3.05, 3.63) is 93.2 Å². The summed E-state index contributed by atoms with van der Waals surface area (Å²) < 4.78 is 22.3. The molecule has 2 aromatic carbocycles. The Kier molecular flexibility index (Phi) is 7.38. The van der Waals surface area contributed by atoms with E-state index in [0.717, 1.165) is 11.1 Å². The first-order valence-electron chi connectivity index (χ1n) is 10.4. The van der Waals surface area contributed by atoms with Crippen molar-refractivity contribution in [2.24, 2.45) is 11.8 Å². The maximum Gasteiger partial charge on any atom is 0.340 e. The van der Waals surface area contributed by atoms with Gasteiger partial charge in [-0.15, -0.1) is 0 Å². The van der Waals surface area contributed by atoms with Gasteiger partial charge in [-0.05, 0) is 29.7 Å². The van der Waals surface area contributed by atoms with Crippen LogP contribution in [-0.2, 0) is 30.3 Å². The minimum Gasteiger partial charge on any atom is -0.471 e. The molecule has 2 aromatic rings. The van der Waals surface area contributed by atoms with Crippen LogP contribution in [0.25, 0.3) is 0 Å². The fraction of sp³-hybridized carbons (Fsp3) is 0.280. The van der Waals surface area contributed by atoms with E-state index >= 15 is 0 Å². The number of ether oxygens (including phenoxy) is 4. The van der Waals surface area contributed by atoms with Crippen LogP contribution in [0.5, 0.6) is 0 Å². The zero-order valence-electron chi connectivity index (χ0n) is 17.8. The molecular formula is C25H22Cl2O6. The van der Waals surface area contributed by atoms with Gasteiger partial charge in [0.1, 0.15) is 6.61 Å². The Hall–Kier alpha value is -2.80. The molecule has 0 radical (unpaired) electrons. The first kappa shape index (κ1) is 23.4. The standard InChI is InChI=1S/C25H22Cl2O6/c1-30-23(28)19-14-33-25(32-12-15-6-3-2-4-7-15)21-16(10-11-17(19)21)13-31-24(29)18-8-5-9-20(26)22(18)27/h2-10,14,17,21,25H,11-13H2,1H3/t17-,21-,25-/m1/s1. The number of halogens is 2. The van der Waals surface area contributed by atoms with Gasteiger partial charge in [0.05, 0.1) is 47.1 Å². The molecule has 0 saturated heterocycles. The quantitative estimate of drug-likeness (QED) is 0.386. The molecule has 1 aliphatic carbocycles. The van der Waals surface area contributed by atoms with E-state index in [0.29, 0.717) is 18.6 Å². The van der Waals surface area contributed by atoms with Gasteiger partial charge in [0.15, 0.2) is 0 Å². The highest BCUT2D eigenvalue weighted by Gasteiger charge is 2.45. The van der Waals surface area contributed by atoms with Crippen molar-refractivity contribution in [1.29, 1.82) is 0 Å². The molecule has 33 heavy (non-hydrogen) atoms. The summed E-state index contributed by atoms with van der Waals surface area (Å²) in [4.78, 5) is 24.9. The van der Waals surface area contributed by atoms with E-state index in [2.05, 4.69) is 0 Å². The average Bonchev–Trinajstić information content (AvgIpc) is 3.27. The Bertz CT molecular complexity index is 1100. The lowest BCUT2D eigenvalue weighted by Crippen LogP contribution is -2.37. The first-order valence-corrected chi connectivity index (χ1v) is 11.1. The number of methoxy groups -OCH3 is 1. The highest BCUT2D eigenvalue weighted by Crippen LogP contribution is 2.44. The second kappa shape index (κ2) is 10.4. The molecule has 0 N–H and O–H groups in total. The number of esters is 2. The molecular weight excluding hydrogens is 467 g/mol. The summed E-state index contributed by atoms with van der Waals surface area (Å²) in [5, 5.41) is 0.414. The van der Waals surface area contributed by atoms with Crippen molar-refractivity contribution >= 4 is 35.1 Å². The summed E-state index contributed by atoms with van der Waals surface area (Å²) in [5.41, 5.74) is 2.41. The third-order valence-corrected chi connectivity index (χ3v) is 6.56. The zero-order valence-corrected chi connectivity index (χ0v) is 19.3. The van der Waals surface area contributed by atoms with Crippen LogP contribution in [0.2, 0.25) is 10.0 Å². The summed E-state index contributed by atoms with van der Waals surface area (Å²) in [6, 6.07) is 14.5. The molecule has 1 heterocycles. The van der Waals surface area contributed by atoms with Crippen molar-refractivity contribution < 1.29 is 28.5 Å². The predicted molar refractivity (Wildman–Crippen MR) is 123 cm³/mol. The summed E-state index contributed by atoms with van der Waals surface area (Å²) in [5.74, 6) is -1.55. The van der Waals surface area contributed by atoms with Gasteiger partial charge in [0.2, 0.25) is 6.29 Å². The minimum absolute atomic E-state index is 0.00581. The minimum atomic E-state index is -0.647. The van der Waals surface area contributed by atoms with Crippen LogP contribution in [-0.4, -0.2) is 31.9 Å². The van der Waals surface area contributed by atoms with Gasteiger partial charge >= 0.3 is 11.9 Å². The van der Waals surface area contributed by atoms with Gasteiger partial charge in [-0.1, -0.05) is 65.7 Å². The Morgan fingerprint density at radius 1 is 1.03 bits per heavy atom. The van der Waals surface area contributed by atoms with E-state index in [4.69, 9.17) is 42.1 Å². The predicted octanol–water partition coefficient (Wildman–Crippen LogP) is 5.34. The van der Waals surface area contributed by atoms with Crippen LogP contribution in [0.15, 0.2) is 72.0 Å².